The molecule has 27 heavy (non-hydrogen) atoms. The molecule has 2 fully saturated rings. The molecule has 4 N–H and O–H groups in total. The molecule has 1 saturated heterocycles. The number of rotatable bonds is 4. The fourth-order valence-electron chi connectivity index (χ4n) is 3.55. The van der Waals surface area contributed by atoms with Gasteiger partial charge in [-0.3, -0.25) is 4.79 Å². The second kappa shape index (κ2) is 8.47. The number of hydrogen-bond donors (Lipinski definition) is 4. The van der Waals surface area contributed by atoms with Crippen LogP contribution in [0.4, 0.5) is 15.3 Å². The number of amides is 2. The van der Waals surface area contributed by atoms with Gasteiger partial charge < -0.3 is 25.4 Å². The summed E-state index contributed by atoms with van der Waals surface area (Å²) in [6, 6.07) is -0.0829. The van der Waals surface area contributed by atoms with E-state index in [4.69, 9.17) is 21.4 Å². The van der Waals surface area contributed by atoms with Crippen LogP contribution < -0.4 is 21.1 Å². The van der Waals surface area contributed by atoms with Crippen molar-refractivity contribution in [1.82, 2.24) is 20.8 Å². The van der Waals surface area contributed by atoms with E-state index in [0.717, 1.165) is 0 Å². The largest absolute Gasteiger partial charge is 0.465 e. The summed E-state index contributed by atoms with van der Waals surface area (Å²) in [7, 11) is 0. The van der Waals surface area contributed by atoms with Gasteiger partial charge >= 0.3 is 12.2 Å². The number of alkyl carbamates (subject to hydrolysis) is 1. The van der Waals surface area contributed by atoms with Crippen LogP contribution in [-0.4, -0.2) is 58.8 Å². The molecular weight excluding hydrogens is 378 g/mol. The third kappa shape index (κ3) is 5.03. The Hall–Kier alpha value is -2.49. The zero-order valence-corrected chi connectivity index (χ0v) is 15.4. The van der Waals surface area contributed by atoms with Crippen LogP contribution in [0.5, 0.6) is 0 Å². The van der Waals surface area contributed by atoms with Crippen molar-refractivity contribution in [3.8, 4) is 0 Å². The van der Waals surface area contributed by atoms with Gasteiger partial charge in [0.2, 0.25) is 0 Å². The van der Waals surface area contributed by atoms with Crippen LogP contribution in [0.3, 0.4) is 0 Å². The highest BCUT2D eigenvalue weighted by Crippen LogP contribution is 2.26. The van der Waals surface area contributed by atoms with Crippen molar-refractivity contribution >= 4 is 29.5 Å². The number of carboxylic acid groups (broad SMARTS) is 1. The Morgan fingerprint density at radius 3 is 2.56 bits per heavy atom. The Morgan fingerprint density at radius 1 is 1.22 bits per heavy atom. The Bertz CT molecular complexity index is 749. The standard InChI is InChI=1S/C16H22ClN5O5/c17-13-12(7-18-21-14(13)23)22-6-5-11(8-22)27-16(26)20-10-3-1-9(2-4-10)19-15(24)25/h7,9-11,19H,1-6,8H2,(H,20,26)(H,21,23)(H,24,25). The summed E-state index contributed by atoms with van der Waals surface area (Å²) in [5.41, 5.74) is 0.0699. The van der Waals surface area contributed by atoms with E-state index in [9.17, 15) is 14.4 Å². The predicted molar refractivity (Wildman–Crippen MR) is 97.3 cm³/mol. The molecule has 148 valence electrons. The lowest BCUT2D eigenvalue weighted by Gasteiger charge is -2.29. The molecule has 0 aromatic carbocycles. The Balaban J connectivity index is 1.44. The van der Waals surface area contributed by atoms with Gasteiger partial charge in [0.15, 0.2) is 0 Å². The maximum Gasteiger partial charge on any atom is 0.407 e. The van der Waals surface area contributed by atoms with Crippen LogP contribution in [0.25, 0.3) is 0 Å². The number of aromatic amines is 1. The van der Waals surface area contributed by atoms with Crippen LogP contribution in [0.2, 0.25) is 5.02 Å². The van der Waals surface area contributed by atoms with E-state index in [1.165, 1.54) is 6.20 Å². The minimum absolute atomic E-state index is 0.0202. The quantitative estimate of drug-likeness (QED) is 0.599. The molecule has 10 nitrogen and oxygen atoms in total. The van der Waals surface area contributed by atoms with E-state index in [2.05, 4.69) is 20.8 Å². The van der Waals surface area contributed by atoms with Crippen LogP contribution in [0, 0.1) is 0 Å². The number of ether oxygens (including phenoxy) is 1. The summed E-state index contributed by atoms with van der Waals surface area (Å²) >= 11 is 6.01. The van der Waals surface area contributed by atoms with Crippen LogP contribution >= 0.6 is 11.6 Å². The molecule has 3 rings (SSSR count). The molecule has 1 saturated carbocycles. The van der Waals surface area contributed by atoms with Crippen molar-refractivity contribution in [3.63, 3.8) is 0 Å². The fraction of sp³-hybridized carbons (Fsp3) is 0.625. The van der Waals surface area contributed by atoms with Crippen LogP contribution in [-0.2, 0) is 4.74 Å². The van der Waals surface area contributed by atoms with Gasteiger partial charge in [0.1, 0.15) is 11.1 Å². The monoisotopic (exact) mass is 399 g/mol. The van der Waals surface area contributed by atoms with Crippen molar-refractivity contribution in [2.45, 2.75) is 50.3 Å². The van der Waals surface area contributed by atoms with E-state index < -0.39 is 17.7 Å². The first-order valence-corrected chi connectivity index (χ1v) is 9.25. The van der Waals surface area contributed by atoms with E-state index in [1.54, 1.807) is 0 Å². The predicted octanol–water partition coefficient (Wildman–Crippen LogP) is 1.31. The van der Waals surface area contributed by atoms with Gasteiger partial charge in [-0.25, -0.2) is 14.7 Å². The lowest BCUT2D eigenvalue weighted by molar-refractivity contribution is 0.102. The highest BCUT2D eigenvalue weighted by atomic mass is 35.5. The second-order valence-electron chi connectivity index (χ2n) is 6.80. The Kier molecular flexibility index (Phi) is 6.04. The molecule has 1 aromatic rings. The van der Waals surface area contributed by atoms with Gasteiger partial charge in [-0.15, -0.1) is 0 Å². The Labute approximate surface area is 160 Å². The van der Waals surface area contributed by atoms with Crippen molar-refractivity contribution in [2.75, 3.05) is 18.0 Å². The molecular formula is C16H22ClN5O5. The lowest BCUT2D eigenvalue weighted by Crippen LogP contribution is -2.44. The average molecular weight is 400 g/mol. The summed E-state index contributed by atoms with van der Waals surface area (Å²) in [5, 5.41) is 20.1. The number of aromatic nitrogens is 2. The maximum absolute atomic E-state index is 12.1. The number of carbonyl (C=O) groups is 2. The molecule has 1 aliphatic carbocycles. The molecule has 1 unspecified atom stereocenters. The third-order valence-corrected chi connectivity index (χ3v) is 5.28. The summed E-state index contributed by atoms with van der Waals surface area (Å²) in [5.74, 6) is 0. The molecule has 0 radical (unpaired) electrons. The Morgan fingerprint density at radius 2 is 1.89 bits per heavy atom. The summed E-state index contributed by atoms with van der Waals surface area (Å²) < 4.78 is 5.48. The number of nitrogens with zero attached hydrogens (tertiary/aromatic N) is 2. The minimum atomic E-state index is -1.02. The van der Waals surface area contributed by atoms with E-state index >= 15 is 0 Å². The smallest absolute Gasteiger partial charge is 0.407 e. The first-order chi connectivity index (χ1) is 12.9. The number of hydrogen-bond acceptors (Lipinski definition) is 6. The average Bonchev–Trinajstić information content (AvgIpc) is 3.06. The summed E-state index contributed by atoms with van der Waals surface area (Å²) in [4.78, 5) is 36.2. The lowest BCUT2D eigenvalue weighted by atomic mass is 9.91. The molecule has 2 aliphatic rings. The third-order valence-electron chi connectivity index (χ3n) is 4.91. The first kappa shape index (κ1) is 19.3. The number of anilines is 1. The van der Waals surface area contributed by atoms with Gasteiger partial charge in [-0.1, -0.05) is 11.6 Å². The summed E-state index contributed by atoms with van der Waals surface area (Å²) in [6.45, 7) is 1.04. The van der Waals surface area contributed by atoms with Crippen molar-refractivity contribution in [2.24, 2.45) is 0 Å². The highest BCUT2D eigenvalue weighted by molar-refractivity contribution is 6.33. The van der Waals surface area contributed by atoms with Gasteiger partial charge in [-0.05, 0) is 25.7 Å². The fourth-order valence-corrected chi connectivity index (χ4v) is 3.76. The zero-order valence-electron chi connectivity index (χ0n) is 14.6. The molecule has 0 spiro atoms. The number of H-pyrrole nitrogens is 1. The van der Waals surface area contributed by atoms with Crippen molar-refractivity contribution in [3.05, 3.63) is 21.6 Å². The van der Waals surface area contributed by atoms with E-state index in [1.807, 2.05) is 4.90 Å². The summed E-state index contributed by atoms with van der Waals surface area (Å²) in [6.07, 6.45) is 3.08. The normalized spacial score (nSPS) is 25.1. The van der Waals surface area contributed by atoms with Crippen molar-refractivity contribution < 1.29 is 19.4 Å². The van der Waals surface area contributed by atoms with E-state index in [-0.39, 0.29) is 23.2 Å². The minimum Gasteiger partial charge on any atom is -0.465 e. The maximum atomic E-state index is 12.1. The molecule has 2 heterocycles. The molecule has 11 heteroatoms. The van der Waals surface area contributed by atoms with Crippen molar-refractivity contribution in [1.29, 1.82) is 0 Å². The van der Waals surface area contributed by atoms with Crippen LogP contribution in [0.1, 0.15) is 32.1 Å². The topological polar surface area (TPSA) is 137 Å². The molecule has 0 bridgehead atoms. The van der Waals surface area contributed by atoms with Gasteiger partial charge in [0, 0.05) is 25.0 Å². The first-order valence-electron chi connectivity index (χ1n) is 8.87. The SMILES string of the molecule is O=C(O)NC1CCC(NC(=O)OC2CCN(c3cn[nH]c(=O)c3Cl)C2)CC1. The number of nitrogens with one attached hydrogen (secondary N) is 3. The highest BCUT2D eigenvalue weighted by Gasteiger charge is 2.29. The number of carbonyl (C=O) groups excluding carboxylic acids is 1. The molecule has 2 amide bonds. The van der Waals surface area contributed by atoms with Crippen LogP contribution in [0.15, 0.2) is 11.0 Å². The molecule has 1 aliphatic heterocycles. The molecule has 1 atom stereocenters. The van der Waals surface area contributed by atoms with Gasteiger partial charge in [0.25, 0.3) is 5.56 Å². The van der Waals surface area contributed by atoms with Gasteiger partial charge in [-0.2, -0.15) is 5.10 Å². The van der Waals surface area contributed by atoms with Gasteiger partial charge in [0.05, 0.1) is 18.4 Å². The van der Waals surface area contributed by atoms with E-state index in [0.29, 0.717) is 50.9 Å². The second-order valence-corrected chi connectivity index (χ2v) is 7.18. The zero-order chi connectivity index (χ0) is 19.4. The molecule has 1 aromatic heterocycles. The number of halogens is 1.